The molecular formula is C11H7F6N3S. The molecule has 10 heteroatoms. The molecule has 0 aliphatic rings. The van der Waals surface area contributed by atoms with Gasteiger partial charge in [-0.3, -0.25) is 5.10 Å². The molecule has 2 rings (SSSR count). The predicted octanol–water partition coefficient (Wildman–Crippen LogP) is 4.18. The normalized spacial score (nSPS) is 12.7. The monoisotopic (exact) mass is 327 g/mol. The van der Waals surface area contributed by atoms with Crippen LogP contribution in [0.4, 0.5) is 26.3 Å². The zero-order valence-electron chi connectivity index (χ0n) is 10.3. The summed E-state index contributed by atoms with van der Waals surface area (Å²) in [5.41, 5.74) is -3.13. The Morgan fingerprint density at radius 3 is 1.81 bits per heavy atom. The van der Waals surface area contributed by atoms with Gasteiger partial charge in [-0.05, 0) is 30.4 Å². The van der Waals surface area contributed by atoms with Gasteiger partial charge in [0, 0.05) is 12.6 Å². The summed E-state index contributed by atoms with van der Waals surface area (Å²) < 4.78 is 77.7. The zero-order chi connectivity index (χ0) is 16.0. The largest absolute Gasteiger partial charge is 0.416 e. The fourth-order valence-corrected chi connectivity index (χ4v) is 1.82. The highest BCUT2D eigenvalue weighted by Gasteiger charge is 2.37. The zero-order valence-corrected chi connectivity index (χ0v) is 11.1. The third kappa shape index (κ3) is 3.09. The summed E-state index contributed by atoms with van der Waals surface area (Å²) in [5, 5.41) is 5.95. The van der Waals surface area contributed by atoms with E-state index in [1.54, 1.807) is 0 Å². The van der Waals surface area contributed by atoms with E-state index in [0.29, 0.717) is 12.1 Å². The van der Waals surface area contributed by atoms with Crippen molar-refractivity contribution in [2.24, 2.45) is 7.05 Å². The van der Waals surface area contributed by atoms with E-state index in [4.69, 9.17) is 12.2 Å². The molecule has 1 aromatic carbocycles. The first-order chi connectivity index (χ1) is 9.50. The summed E-state index contributed by atoms with van der Waals surface area (Å²) in [4.78, 5) is 0. The van der Waals surface area contributed by atoms with Crippen LogP contribution in [-0.2, 0) is 19.4 Å². The van der Waals surface area contributed by atoms with Gasteiger partial charge in [0.05, 0.1) is 11.1 Å². The Labute approximate surface area is 119 Å². The highest BCUT2D eigenvalue weighted by molar-refractivity contribution is 7.71. The molecule has 114 valence electrons. The van der Waals surface area contributed by atoms with Crippen molar-refractivity contribution in [1.29, 1.82) is 0 Å². The first kappa shape index (κ1) is 15.5. The molecule has 2 aromatic rings. The lowest BCUT2D eigenvalue weighted by molar-refractivity contribution is -0.143. The van der Waals surface area contributed by atoms with Gasteiger partial charge in [-0.25, -0.2) is 0 Å². The Hall–Kier alpha value is -1.84. The van der Waals surface area contributed by atoms with Crippen molar-refractivity contribution in [2.75, 3.05) is 0 Å². The lowest BCUT2D eigenvalue weighted by Crippen LogP contribution is -2.11. The van der Waals surface area contributed by atoms with Gasteiger partial charge in [0.1, 0.15) is 0 Å². The van der Waals surface area contributed by atoms with Gasteiger partial charge in [-0.15, -0.1) is 0 Å². The van der Waals surface area contributed by atoms with Crippen molar-refractivity contribution < 1.29 is 26.3 Å². The molecule has 0 aliphatic carbocycles. The number of H-pyrrole nitrogens is 1. The minimum absolute atomic E-state index is 0.0603. The van der Waals surface area contributed by atoms with Crippen molar-refractivity contribution in [3.8, 4) is 11.4 Å². The summed E-state index contributed by atoms with van der Waals surface area (Å²) in [7, 11) is 1.38. The van der Waals surface area contributed by atoms with E-state index in [1.807, 2.05) is 0 Å². The molecule has 0 saturated heterocycles. The third-order valence-electron chi connectivity index (χ3n) is 2.73. The molecule has 1 heterocycles. The fraction of sp³-hybridized carbons (Fsp3) is 0.273. The molecule has 0 amide bonds. The number of aromatic nitrogens is 3. The van der Waals surface area contributed by atoms with Gasteiger partial charge >= 0.3 is 12.4 Å². The van der Waals surface area contributed by atoms with Crippen LogP contribution in [-0.4, -0.2) is 14.8 Å². The molecule has 0 aliphatic heterocycles. The molecule has 0 fully saturated rings. The summed E-state index contributed by atoms with van der Waals surface area (Å²) in [6, 6.07) is 1.26. The SMILES string of the molecule is Cn1c(-c2cc(C(F)(F)F)cc(C(F)(F)F)c2)n[nH]c1=S. The molecule has 0 spiro atoms. The van der Waals surface area contributed by atoms with Crippen molar-refractivity contribution in [3.63, 3.8) is 0 Å². The second kappa shape index (κ2) is 4.86. The molecule has 1 aromatic heterocycles. The van der Waals surface area contributed by atoms with E-state index < -0.39 is 23.5 Å². The number of nitrogens with one attached hydrogen (secondary N) is 1. The molecule has 0 unspecified atom stereocenters. The van der Waals surface area contributed by atoms with E-state index in [1.165, 1.54) is 11.6 Å². The first-order valence-electron chi connectivity index (χ1n) is 5.41. The maximum Gasteiger partial charge on any atom is 0.416 e. The number of aromatic amines is 1. The summed E-state index contributed by atoms with van der Waals surface area (Å²) >= 11 is 4.79. The second-order valence-corrected chi connectivity index (χ2v) is 4.59. The Bertz CT molecular complexity index is 693. The number of halogens is 6. The van der Waals surface area contributed by atoms with E-state index in [0.717, 1.165) is 0 Å². The number of nitrogens with zero attached hydrogens (tertiary/aromatic N) is 2. The van der Waals surface area contributed by atoms with E-state index in [-0.39, 0.29) is 22.2 Å². The average molecular weight is 327 g/mol. The summed E-state index contributed by atoms with van der Waals surface area (Å²) in [5.74, 6) is -0.114. The molecule has 0 atom stereocenters. The average Bonchev–Trinajstić information content (AvgIpc) is 2.67. The van der Waals surface area contributed by atoms with E-state index in [9.17, 15) is 26.3 Å². The smallest absolute Gasteiger partial charge is 0.303 e. The van der Waals surface area contributed by atoms with Crippen molar-refractivity contribution in [3.05, 3.63) is 34.1 Å². The van der Waals surface area contributed by atoms with Crippen LogP contribution in [0.3, 0.4) is 0 Å². The number of alkyl halides is 6. The summed E-state index contributed by atoms with van der Waals surface area (Å²) in [6.45, 7) is 0. The molecule has 0 radical (unpaired) electrons. The molecule has 21 heavy (non-hydrogen) atoms. The van der Waals surface area contributed by atoms with E-state index in [2.05, 4.69) is 10.2 Å². The van der Waals surface area contributed by atoms with E-state index >= 15 is 0 Å². The van der Waals surface area contributed by atoms with Gasteiger partial charge in [0.25, 0.3) is 0 Å². The second-order valence-electron chi connectivity index (χ2n) is 4.21. The van der Waals surface area contributed by atoms with Crippen molar-refractivity contribution in [2.45, 2.75) is 12.4 Å². The highest BCUT2D eigenvalue weighted by atomic mass is 32.1. The molecular weight excluding hydrogens is 320 g/mol. The van der Waals surface area contributed by atoms with Crippen molar-refractivity contribution >= 4 is 12.2 Å². The first-order valence-corrected chi connectivity index (χ1v) is 5.82. The molecule has 0 bridgehead atoms. The molecule has 3 nitrogen and oxygen atoms in total. The standard InChI is InChI=1S/C11H7F6N3S/c1-20-8(18-19-9(20)21)5-2-6(10(12,13)14)4-7(3-5)11(15,16)17/h2-4H,1H3,(H,19,21). The van der Waals surface area contributed by atoms with Crippen LogP contribution in [0.2, 0.25) is 0 Å². The van der Waals surface area contributed by atoms with Crippen LogP contribution < -0.4 is 0 Å². The fourth-order valence-electron chi connectivity index (χ4n) is 1.69. The Morgan fingerprint density at radius 1 is 1.00 bits per heavy atom. The van der Waals surface area contributed by atoms with Gasteiger partial charge in [0.15, 0.2) is 10.6 Å². The van der Waals surface area contributed by atoms with Crippen LogP contribution in [0.25, 0.3) is 11.4 Å². The summed E-state index contributed by atoms with van der Waals surface area (Å²) in [6.07, 6.45) is -9.80. The van der Waals surface area contributed by atoms with Crippen molar-refractivity contribution in [1.82, 2.24) is 14.8 Å². The third-order valence-corrected chi connectivity index (χ3v) is 3.09. The minimum Gasteiger partial charge on any atom is -0.303 e. The number of hydrogen-bond acceptors (Lipinski definition) is 2. The highest BCUT2D eigenvalue weighted by Crippen LogP contribution is 2.38. The molecule has 0 saturated carbocycles. The number of rotatable bonds is 1. The number of benzene rings is 1. The Kier molecular flexibility index (Phi) is 3.60. The maximum absolute atomic E-state index is 12.7. The lowest BCUT2D eigenvalue weighted by Gasteiger charge is -2.13. The van der Waals surface area contributed by atoms with Gasteiger partial charge < -0.3 is 4.57 Å². The lowest BCUT2D eigenvalue weighted by atomic mass is 10.0. The van der Waals surface area contributed by atoms with Crippen LogP contribution in [0, 0.1) is 4.77 Å². The molecule has 1 N–H and O–H groups in total. The quantitative estimate of drug-likeness (QED) is 0.630. The van der Waals surface area contributed by atoms with Gasteiger partial charge in [-0.2, -0.15) is 31.4 Å². The minimum atomic E-state index is -4.90. The van der Waals surface area contributed by atoms with Crippen LogP contribution in [0.15, 0.2) is 18.2 Å². The van der Waals surface area contributed by atoms with Crippen LogP contribution in [0.1, 0.15) is 11.1 Å². The van der Waals surface area contributed by atoms with Crippen LogP contribution in [0.5, 0.6) is 0 Å². The van der Waals surface area contributed by atoms with Gasteiger partial charge in [-0.1, -0.05) is 0 Å². The topological polar surface area (TPSA) is 33.6 Å². The Balaban J connectivity index is 2.72. The van der Waals surface area contributed by atoms with Gasteiger partial charge in [0.2, 0.25) is 0 Å². The predicted molar refractivity (Wildman–Crippen MR) is 63.8 cm³/mol. The number of hydrogen-bond donors (Lipinski definition) is 1. The maximum atomic E-state index is 12.7. The van der Waals surface area contributed by atoms with Crippen LogP contribution >= 0.6 is 12.2 Å². The Morgan fingerprint density at radius 2 is 1.48 bits per heavy atom.